The fourth-order valence-corrected chi connectivity index (χ4v) is 5.77. The van der Waals surface area contributed by atoms with E-state index in [1.165, 1.54) is 42.6 Å². The van der Waals surface area contributed by atoms with Crippen LogP contribution >= 0.6 is 11.6 Å². The Labute approximate surface area is 192 Å². The first-order chi connectivity index (χ1) is 15.3. The van der Waals surface area contributed by atoms with Gasteiger partial charge in [0.25, 0.3) is 0 Å². The molecule has 0 unspecified atom stereocenters. The maximum absolute atomic E-state index is 12.9. The van der Waals surface area contributed by atoms with Gasteiger partial charge < -0.3 is 9.80 Å². The Morgan fingerprint density at radius 1 is 1.03 bits per heavy atom. The molecule has 0 saturated carbocycles. The van der Waals surface area contributed by atoms with Gasteiger partial charge in [0, 0.05) is 50.1 Å². The van der Waals surface area contributed by atoms with Gasteiger partial charge in [-0.2, -0.15) is 13.2 Å². The summed E-state index contributed by atoms with van der Waals surface area (Å²) in [4.78, 5) is 11.2. The molecular weight excluding hydrogens is 437 g/mol. The second-order valence-corrected chi connectivity index (χ2v) is 9.68. The Morgan fingerprint density at radius 2 is 1.88 bits per heavy atom. The van der Waals surface area contributed by atoms with Crippen molar-refractivity contribution in [2.45, 2.75) is 57.4 Å². The molecule has 8 heteroatoms. The minimum Gasteiger partial charge on any atom is -0.370 e. The average Bonchev–Trinajstić information content (AvgIpc) is 3.41. The number of aromatic nitrogens is 1. The van der Waals surface area contributed by atoms with Gasteiger partial charge >= 0.3 is 6.18 Å². The Kier molecular flexibility index (Phi) is 5.74. The zero-order valence-electron chi connectivity index (χ0n) is 18.2. The van der Waals surface area contributed by atoms with E-state index in [0.717, 1.165) is 31.8 Å². The van der Waals surface area contributed by atoms with E-state index >= 15 is 0 Å². The van der Waals surface area contributed by atoms with Gasteiger partial charge in [0.05, 0.1) is 10.6 Å². The molecule has 0 aliphatic carbocycles. The Hall–Kier alpha value is -1.99. The number of benzene rings is 1. The van der Waals surface area contributed by atoms with Crippen LogP contribution in [0.25, 0.3) is 0 Å². The summed E-state index contributed by atoms with van der Waals surface area (Å²) in [5.74, 6) is 0.413. The van der Waals surface area contributed by atoms with Crippen molar-refractivity contribution in [2.24, 2.45) is 0 Å². The highest BCUT2D eigenvalue weighted by atomic mass is 35.5. The highest BCUT2D eigenvalue weighted by Crippen LogP contribution is 2.36. The molecule has 3 aliphatic heterocycles. The van der Waals surface area contributed by atoms with Crippen molar-refractivity contribution in [1.82, 2.24) is 9.88 Å². The summed E-state index contributed by atoms with van der Waals surface area (Å²) < 4.78 is 38.8. The van der Waals surface area contributed by atoms with Crippen molar-refractivity contribution in [3.8, 4) is 0 Å². The lowest BCUT2D eigenvalue weighted by atomic mass is 9.98. The smallest absolute Gasteiger partial charge is 0.370 e. The van der Waals surface area contributed by atoms with Gasteiger partial charge in [-0.15, -0.1) is 0 Å². The van der Waals surface area contributed by atoms with E-state index in [1.54, 1.807) is 0 Å². The number of fused-ring (bicyclic) bond motifs is 1. The van der Waals surface area contributed by atoms with E-state index in [2.05, 4.69) is 39.9 Å². The standard InChI is InChI=1S/C24H28ClF3N4/c1-16-3-2-8-32(16)21-7-10-30(15-21)20-5-4-18-14-31(9-6-17(18)11-20)23-22(25)12-19(13-29-23)24(26,27)28/h4-5,11-13,16,21H,2-3,6-10,14-15H2,1H3/t16-,21-/m0/s1. The van der Waals surface area contributed by atoms with Gasteiger partial charge in [0.15, 0.2) is 0 Å². The molecule has 2 fully saturated rings. The molecule has 0 radical (unpaired) electrons. The Balaban J connectivity index is 1.28. The summed E-state index contributed by atoms with van der Waals surface area (Å²) in [5, 5.41) is 0.0409. The van der Waals surface area contributed by atoms with E-state index < -0.39 is 11.7 Å². The lowest BCUT2D eigenvalue weighted by Crippen LogP contribution is -2.39. The number of anilines is 2. The van der Waals surface area contributed by atoms with Crippen LogP contribution in [0.4, 0.5) is 24.7 Å². The molecule has 0 spiro atoms. The summed E-state index contributed by atoms with van der Waals surface area (Å²) in [6.45, 7) is 7.02. The van der Waals surface area contributed by atoms with E-state index in [0.29, 0.717) is 31.0 Å². The normalized spacial score (nSPS) is 24.3. The molecule has 2 saturated heterocycles. The van der Waals surface area contributed by atoms with Gasteiger partial charge in [-0.3, -0.25) is 4.90 Å². The first kappa shape index (κ1) is 21.8. The predicted molar refractivity (Wildman–Crippen MR) is 121 cm³/mol. The van der Waals surface area contributed by atoms with E-state index in [1.807, 2.05) is 4.90 Å². The molecule has 0 bridgehead atoms. The molecule has 3 aliphatic rings. The van der Waals surface area contributed by atoms with Gasteiger partial charge in [-0.1, -0.05) is 17.7 Å². The first-order valence-corrected chi connectivity index (χ1v) is 11.8. The largest absolute Gasteiger partial charge is 0.417 e. The molecule has 1 aromatic heterocycles. The average molecular weight is 465 g/mol. The Morgan fingerprint density at radius 3 is 2.59 bits per heavy atom. The van der Waals surface area contributed by atoms with Crippen LogP contribution in [0.3, 0.4) is 0 Å². The molecule has 32 heavy (non-hydrogen) atoms. The third-order valence-corrected chi connectivity index (χ3v) is 7.53. The monoisotopic (exact) mass is 464 g/mol. The van der Waals surface area contributed by atoms with Gasteiger partial charge in [0.1, 0.15) is 5.82 Å². The lowest BCUT2D eigenvalue weighted by Gasteiger charge is -2.32. The van der Waals surface area contributed by atoms with Crippen LogP contribution in [0, 0.1) is 0 Å². The number of likely N-dealkylation sites (tertiary alicyclic amines) is 1. The van der Waals surface area contributed by atoms with Crippen LogP contribution in [0.15, 0.2) is 30.5 Å². The second kappa shape index (κ2) is 8.41. The third kappa shape index (κ3) is 4.17. The molecule has 4 heterocycles. The van der Waals surface area contributed by atoms with Crippen LogP contribution in [-0.4, -0.2) is 48.1 Å². The van der Waals surface area contributed by atoms with Crippen LogP contribution in [0.5, 0.6) is 0 Å². The fraction of sp³-hybridized carbons (Fsp3) is 0.542. The SMILES string of the molecule is C[C@H]1CCCN1[C@H]1CCN(c2ccc3c(c2)CCN(c2ncc(C(F)(F)F)cc2Cl)C3)C1. The maximum atomic E-state index is 12.9. The number of halogens is 4. The van der Waals surface area contributed by atoms with Crippen molar-refractivity contribution in [3.63, 3.8) is 0 Å². The molecule has 0 N–H and O–H groups in total. The van der Waals surface area contributed by atoms with Gasteiger partial charge in [-0.25, -0.2) is 4.98 Å². The zero-order valence-corrected chi connectivity index (χ0v) is 19.0. The molecule has 2 atom stereocenters. The highest BCUT2D eigenvalue weighted by molar-refractivity contribution is 6.33. The summed E-state index contributed by atoms with van der Waals surface area (Å²) in [6.07, 6.45) is 1.08. The quantitative estimate of drug-likeness (QED) is 0.608. The number of alkyl halides is 3. The van der Waals surface area contributed by atoms with E-state index in [-0.39, 0.29) is 5.02 Å². The molecule has 172 valence electrons. The van der Waals surface area contributed by atoms with Crippen LogP contribution in [0.2, 0.25) is 5.02 Å². The van der Waals surface area contributed by atoms with Crippen LogP contribution in [0.1, 0.15) is 42.9 Å². The summed E-state index contributed by atoms with van der Waals surface area (Å²) in [7, 11) is 0. The molecule has 1 aromatic carbocycles. The van der Waals surface area contributed by atoms with Crippen LogP contribution < -0.4 is 9.80 Å². The summed E-state index contributed by atoms with van der Waals surface area (Å²) in [6, 6.07) is 8.94. The maximum Gasteiger partial charge on any atom is 0.417 e. The van der Waals surface area contributed by atoms with Crippen LogP contribution in [-0.2, 0) is 19.1 Å². The predicted octanol–water partition coefficient (Wildman–Crippen LogP) is 5.38. The first-order valence-electron chi connectivity index (χ1n) is 11.4. The Bertz CT molecular complexity index is 996. The van der Waals surface area contributed by atoms with Gasteiger partial charge in [-0.05, 0) is 68.5 Å². The molecule has 0 amide bonds. The van der Waals surface area contributed by atoms with E-state index in [4.69, 9.17) is 11.6 Å². The number of nitrogens with zero attached hydrogens (tertiary/aromatic N) is 4. The molecular formula is C24H28ClF3N4. The number of pyridine rings is 1. The number of rotatable bonds is 3. The van der Waals surface area contributed by atoms with Crippen molar-refractivity contribution < 1.29 is 13.2 Å². The molecule has 4 nitrogen and oxygen atoms in total. The van der Waals surface area contributed by atoms with Crippen molar-refractivity contribution in [2.75, 3.05) is 36.0 Å². The topological polar surface area (TPSA) is 22.6 Å². The summed E-state index contributed by atoms with van der Waals surface area (Å²) in [5.41, 5.74) is 2.94. The zero-order chi connectivity index (χ0) is 22.5. The van der Waals surface area contributed by atoms with Crippen molar-refractivity contribution in [1.29, 1.82) is 0 Å². The summed E-state index contributed by atoms with van der Waals surface area (Å²) >= 11 is 6.17. The molecule has 5 rings (SSSR count). The fourth-order valence-electron chi connectivity index (χ4n) is 5.48. The highest BCUT2D eigenvalue weighted by Gasteiger charge is 2.34. The third-order valence-electron chi connectivity index (χ3n) is 7.25. The minimum absolute atomic E-state index is 0.0409. The lowest BCUT2D eigenvalue weighted by molar-refractivity contribution is -0.137. The van der Waals surface area contributed by atoms with Crippen molar-refractivity contribution in [3.05, 3.63) is 52.2 Å². The number of hydrogen-bond acceptors (Lipinski definition) is 4. The molecule has 2 aromatic rings. The minimum atomic E-state index is -4.44. The number of hydrogen-bond donors (Lipinski definition) is 0. The van der Waals surface area contributed by atoms with Gasteiger partial charge in [0.2, 0.25) is 0 Å². The second-order valence-electron chi connectivity index (χ2n) is 9.27. The van der Waals surface area contributed by atoms with Crippen molar-refractivity contribution >= 4 is 23.1 Å². The van der Waals surface area contributed by atoms with E-state index in [9.17, 15) is 13.2 Å².